The maximum absolute atomic E-state index is 12.4. The summed E-state index contributed by atoms with van der Waals surface area (Å²) in [7, 11) is -3.94. The molecular formula is C21H15F2N5O4S. The van der Waals surface area contributed by atoms with Crippen molar-refractivity contribution in [3.8, 4) is 11.8 Å². The van der Waals surface area contributed by atoms with Crippen molar-refractivity contribution in [2.45, 2.75) is 11.5 Å². The summed E-state index contributed by atoms with van der Waals surface area (Å²) in [4.78, 5) is 19.9. The Kier molecular flexibility index (Phi) is 7.27. The molecule has 168 valence electrons. The number of amides is 1. The number of carbonyl (C=O) groups is 1. The molecule has 9 nitrogen and oxygen atoms in total. The van der Waals surface area contributed by atoms with Gasteiger partial charge in [-0.2, -0.15) is 14.0 Å². The molecule has 3 rings (SSSR count). The molecule has 1 aromatic heterocycles. The van der Waals surface area contributed by atoms with Crippen molar-refractivity contribution < 1.29 is 26.7 Å². The highest BCUT2D eigenvalue weighted by Crippen LogP contribution is 2.19. The van der Waals surface area contributed by atoms with E-state index in [0.717, 1.165) is 0 Å². The first-order valence-corrected chi connectivity index (χ1v) is 10.6. The average Bonchev–Trinajstić information content (AvgIpc) is 2.79. The zero-order chi connectivity index (χ0) is 23.8. The van der Waals surface area contributed by atoms with Crippen molar-refractivity contribution in [1.82, 2.24) is 9.97 Å². The van der Waals surface area contributed by atoms with Gasteiger partial charge in [0, 0.05) is 18.1 Å². The molecule has 0 atom stereocenters. The lowest BCUT2D eigenvalue weighted by Crippen LogP contribution is -2.16. The number of nitrogens with zero attached hydrogens (tertiary/aromatic N) is 3. The second-order valence-electron chi connectivity index (χ2n) is 6.27. The molecule has 1 amide bonds. The smallest absolute Gasteiger partial charge is 0.387 e. The SMILES string of the molecule is N#C/C(=C\c1ccc(OC(F)F)cc1)C(=O)Nc1ccc(S(=O)(=O)Nc2ncccn2)cc1. The van der Waals surface area contributed by atoms with E-state index in [1.807, 2.05) is 0 Å². The highest BCUT2D eigenvalue weighted by molar-refractivity contribution is 7.92. The normalized spacial score (nSPS) is 11.5. The van der Waals surface area contributed by atoms with Crippen LogP contribution in [-0.2, 0) is 14.8 Å². The number of aromatic nitrogens is 2. The number of nitriles is 1. The fourth-order valence-corrected chi connectivity index (χ4v) is 3.47. The van der Waals surface area contributed by atoms with Gasteiger partial charge in [0.1, 0.15) is 17.4 Å². The number of anilines is 2. The third-order valence-electron chi connectivity index (χ3n) is 4.00. The lowest BCUT2D eigenvalue weighted by atomic mass is 10.1. The van der Waals surface area contributed by atoms with E-state index in [4.69, 9.17) is 0 Å². The fourth-order valence-electron chi connectivity index (χ4n) is 2.51. The Morgan fingerprint density at radius 3 is 2.27 bits per heavy atom. The van der Waals surface area contributed by atoms with Crippen molar-refractivity contribution in [3.05, 3.63) is 78.1 Å². The Morgan fingerprint density at radius 1 is 1.06 bits per heavy atom. The highest BCUT2D eigenvalue weighted by Gasteiger charge is 2.16. The van der Waals surface area contributed by atoms with Gasteiger partial charge in [-0.15, -0.1) is 0 Å². The Hall–Kier alpha value is -4.37. The molecular weight excluding hydrogens is 456 g/mol. The van der Waals surface area contributed by atoms with Crippen molar-refractivity contribution in [1.29, 1.82) is 5.26 Å². The van der Waals surface area contributed by atoms with Gasteiger partial charge in [-0.05, 0) is 54.1 Å². The first-order chi connectivity index (χ1) is 15.8. The van der Waals surface area contributed by atoms with Crippen molar-refractivity contribution >= 4 is 33.6 Å². The molecule has 0 spiro atoms. The van der Waals surface area contributed by atoms with E-state index in [0.29, 0.717) is 5.56 Å². The maximum atomic E-state index is 12.4. The number of hydrogen-bond acceptors (Lipinski definition) is 7. The van der Waals surface area contributed by atoms with Gasteiger partial charge in [0.2, 0.25) is 5.95 Å². The first kappa shape index (κ1) is 23.3. The molecule has 12 heteroatoms. The lowest BCUT2D eigenvalue weighted by molar-refractivity contribution is -0.112. The number of nitrogens with one attached hydrogen (secondary N) is 2. The molecule has 0 saturated carbocycles. The number of hydrogen-bond donors (Lipinski definition) is 2. The molecule has 0 bridgehead atoms. The van der Waals surface area contributed by atoms with E-state index in [1.54, 1.807) is 6.07 Å². The van der Waals surface area contributed by atoms with Gasteiger partial charge >= 0.3 is 6.61 Å². The summed E-state index contributed by atoms with van der Waals surface area (Å²) in [6.07, 6.45) is 4.04. The summed E-state index contributed by atoms with van der Waals surface area (Å²) in [6.45, 7) is -2.96. The van der Waals surface area contributed by atoms with Crippen LogP contribution in [0.15, 0.2) is 77.5 Å². The predicted octanol–water partition coefficient (Wildman–Crippen LogP) is 3.42. The van der Waals surface area contributed by atoms with Crippen LogP contribution in [0, 0.1) is 11.3 Å². The van der Waals surface area contributed by atoms with Crippen molar-refractivity contribution in [2.24, 2.45) is 0 Å². The van der Waals surface area contributed by atoms with Gasteiger partial charge in [0.15, 0.2) is 0 Å². The van der Waals surface area contributed by atoms with E-state index in [2.05, 4.69) is 24.7 Å². The van der Waals surface area contributed by atoms with E-state index >= 15 is 0 Å². The van der Waals surface area contributed by atoms with Gasteiger partial charge in [0.05, 0.1) is 4.90 Å². The van der Waals surface area contributed by atoms with E-state index in [-0.39, 0.29) is 27.9 Å². The third kappa shape index (κ3) is 6.55. The monoisotopic (exact) mass is 471 g/mol. The summed E-state index contributed by atoms with van der Waals surface area (Å²) >= 11 is 0. The van der Waals surface area contributed by atoms with Crippen LogP contribution in [0.2, 0.25) is 0 Å². The summed E-state index contributed by atoms with van der Waals surface area (Å²) < 4.78 is 55.7. The van der Waals surface area contributed by atoms with Crippen molar-refractivity contribution in [3.63, 3.8) is 0 Å². The summed E-state index contributed by atoms with van der Waals surface area (Å²) in [5.74, 6) is -0.891. The molecule has 3 aromatic rings. The molecule has 0 fully saturated rings. The van der Waals surface area contributed by atoms with Crippen LogP contribution in [-0.4, -0.2) is 30.9 Å². The van der Waals surface area contributed by atoms with Crippen LogP contribution in [0.5, 0.6) is 5.75 Å². The number of sulfonamides is 1. The minimum absolute atomic E-state index is 0.0616. The second-order valence-corrected chi connectivity index (χ2v) is 7.96. The van der Waals surface area contributed by atoms with Gasteiger partial charge in [-0.3, -0.25) is 4.79 Å². The quantitative estimate of drug-likeness (QED) is 0.380. The molecule has 0 unspecified atom stereocenters. The fraction of sp³-hybridized carbons (Fsp3) is 0.0476. The van der Waals surface area contributed by atoms with E-state index in [9.17, 15) is 27.3 Å². The molecule has 0 radical (unpaired) electrons. The van der Waals surface area contributed by atoms with Crippen LogP contribution >= 0.6 is 0 Å². The highest BCUT2D eigenvalue weighted by atomic mass is 32.2. The van der Waals surface area contributed by atoms with Gasteiger partial charge in [-0.25, -0.2) is 23.1 Å². The third-order valence-corrected chi connectivity index (χ3v) is 5.34. The topological polar surface area (TPSA) is 134 Å². The van der Waals surface area contributed by atoms with Gasteiger partial charge in [-0.1, -0.05) is 12.1 Å². The average molecular weight is 471 g/mol. The van der Waals surface area contributed by atoms with Crippen molar-refractivity contribution in [2.75, 3.05) is 10.0 Å². The number of ether oxygens (including phenoxy) is 1. The molecule has 33 heavy (non-hydrogen) atoms. The first-order valence-electron chi connectivity index (χ1n) is 9.15. The van der Waals surface area contributed by atoms with Crippen LogP contribution in [0.25, 0.3) is 6.08 Å². The van der Waals surface area contributed by atoms with Gasteiger partial charge in [0.25, 0.3) is 15.9 Å². The Morgan fingerprint density at radius 2 is 1.70 bits per heavy atom. The van der Waals surface area contributed by atoms with E-state index < -0.39 is 22.5 Å². The number of benzene rings is 2. The number of carbonyl (C=O) groups excluding carboxylic acids is 1. The van der Waals surface area contributed by atoms with Crippen LogP contribution in [0.3, 0.4) is 0 Å². The number of alkyl halides is 2. The summed E-state index contributed by atoms with van der Waals surface area (Å²) in [6, 6.07) is 13.9. The van der Waals surface area contributed by atoms with Gasteiger partial charge < -0.3 is 10.1 Å². The largest absolute Gasteiger partial charge is 0.435 e. The maximum Gasteiger partial charge on any atom is 0.387 e. The molecule has 1 heterocycles. The van der Waals surface area contributed by atoms with Crippen LogP contribution in [0.4, 0.5) is 20.4 Å². The predicted molar refractivity (Wildman–Crippen MR) is 115 cm³/mol. The van der Waals surface area contributed by atoms with Crippen LogP contribution < -0.4 is 14.8 Å². The Labute approximate surface area is 187 Å². The number of rotatable bonds is 8. The minimum Gasteiger partial charge on any atom is -0.435 e. The molecule has 0 aliphatic rings. The Balaban J connectivity index is 1.69. The lowest BCUT2D eigenvalue weighted by Gasteiger charge is -2.08. The molecule has 0 aliphatic carbocycles. The van der Waals surface area contributed by atoms with E-state index in [1.165, 1.54) is 73.1 Å². The second kappa shape index (κ2) is 10.3. The molecule has 0 saturated heterocycles. The summed E-state index contributed by atoms with van der Waals surface area (Å²) in [5.41, 5.74) is 0.410. The molecule has 2 aromatic carbocycles. The zero-order valence-electron chi connectivity index (χ0n) is 16.6. The zero-order valence-corrected chi connectivity index (χ0v) is 17.5. The standard InChI is InChI=1S/C21H15F2N5O4S/c22-20(23)32-17-6-2-14(3-7-17)12-15(13-24)19(29)27-16-4-8-18(9-5-16)33(30,31)28-21-25-10-1-11-26-21/h1-12,20H,(H,27,29)(H,25,26,28)/b15-12+. The summed E-state index contributed by atoms with van der Waals surface area (Å²) in [5, 5.41) is 11.8. The number of halogens is 2. The minimum atomic E-state index is -3.94. The van der Waals surface area contributed by atoms with Crippen LogP contribution in [0.1, 0.15) is 5.56 Å². The molecule has 2 N–H and O–H groups in total. The molecule has 0 aliphatic heterocycles. The Bertz CT molecular complexity index is 1290.